The van der Waals surface area contributed by atoms with Crippen molar-refractivity contribution in [3.8, 4) is 0 Å². The maximum Gasteiger partial charge on any atom is 0.0904 e. The van der Waals surface area contributed by atoms with E-state index >= 15 is 0 Å². The summed E-state index contributed by atoms with van der Waals surface area (Å²) >= 11 is 0. The quantitative estimate of drug-likeness (QED) is 0.481. The molecule has 1 saturated heterocycles. The SMILES string of the molecule is CC.CC(C)c1ccccc1N1CCN(c2ccccc2C(C)C)C1.CCC.CCC. The Kier molecular flexibility index (Phi) is 15.6. The summed E-state index contributed by atoms with van der Waals surface area (Å²) in [6.07, 6.45) is 2.50. The molecule has 3 rings (SSSR count). The Morgan fingerprint density at radius 3 is 1.19 bits per heavy atom. The van der Waals surface area contributed by atoms with Crippen LogP contribution in [-0.4, -0.2) is 19.8 Å². The smallest absolute Gasteiger partial charge is 0.0904 e. The van der Waals surface area contributed by atoms with E-state index < -0.39 is 0 Å². The summed E-state index contributed by atoms with van der Waals surface area (Å²) < 4.78 is 0. The molecule has 2 heteroatoms. The minimum Gasteiger partial charge on any atom is -0.352 e. The first kappa shape index (κ1) is 29.0. The first-order chi connectivity index (χ1) is 14.9. The van der Waals surface area contributed by atoms with Gasteiger partial charge in [0.1, 0.15) is 0 Å². The standard InChI is InChI=1S/C21H28N2.2C3H8.C2H6/c1-16(2)18-9-5-7-11-20(18)22-13-14-23(15-22)21-12-8-6-10-19(21)17(3)4;2*1-3-2;1-2/h5-12,16-17H,13-15H2,1-4H3;2*3H2,1-2H3;1-2H3. The van der Waals surface area contributed by atoms with Crippen LogP contribution < -0.4 is 9.80 Å². The Hall–Kier alpha value is -1.96. The third-order valence-electron chi connectivity index (χ3n) is 4.78. The molecule has 1 heterocycles. The van der Waals surface area contributed by atoms with Crippen molar-refractivity contribution in [1.29, 1.82) is 0 Å². The number of anilines is 2. The summed E-state index contributed by atoms with van der Waals surface area (Å²) in [6, 6.07) is 17.7. The maximum atomic E-state index is 2.52. The average molecular weight is 427 g/mol. The molecule has 0 amide bonds. The number of hydrogen-bond donors (Lipinski definition) is 0. The lowest BCUT2D eigenvalue weighted by molar-refractivity contribution is 0.836. The lowest BCUT2D eigenvalue weighted by Gasteiger charge is -2.26. The van der Waals surface area contributed by atoms with Gasteiger partial charge in [0.2, 0.25) is 0 Å². The molecule has 2 aromatic rings. The van der Waals surface area contributed by atoms with Gasteiger partial charge in [-0.3, -0.25) is 0 Å². The van der Waals surface area contributed by atoms with Crippen LogP contribution in [0.1, 0.15) is 105 Å². The molecule has 1 aliphatic rings. The van der Waals surface area contributed by atoms with Crippen molar-refractivity contribution in [2.45, 2.75) is 93.9 Å². The van der Waals surface area contributed by atoms with Crippen LogP contribution in [0.3, 0.4) is 0 Å². The molecule has 176 valence electrons. The van der Waals surface area contributed by atoms with Crippen LogP contribution in [0.2, 0.25) is 0 Å². The highest BCUT2D eigenvalue weighted by Crippen LogP contribution is 2.33. The summed E-state index contributed by atoms with van der Waals surface area (Å²) in [5.41, 5.74) is 5.69. The minimum atomic E-state index is 0.559. The highest BCUT2D eigenvalue weighted by atomic mass is 15.4. The molecule has 31 heavy (non-hydrogen) atoms. The molecule has 0 aliphatic carbocycles. The summed E-state index contributed by atoms with van der Waals surface area (Å²) in [5, 5.41) is 0. The Balaban J connectivity index is 0.000000991. The van der Waals surface area contributed by atoms with Crippen molar-refractivity contribution in [2.24, 2.45) is 0 Å². The van der Waals surface area contributed by atoms with Gasteiger partial charge in [0.25, 0.3) is 0 Å². The Labute approximate surface area is 194 Å². The van der Waals surface area contributed by atoms with E-state index in [1.807, 2.05) is 13.8 Å². The number of hydrogen-bond acceptors (Lipinski definition) is 2. The predicted molar refractivity (Wildman–Crippen MR) is 144 cm³/mol. The van der Waals surface area contributed by atoms with E-state index in [1.54, 1.807) is 0 Å². The molecule has 0 unspecified atom stereocenters. The largest absolute Gasteiger partial charge is 0.352 e. The fourth-order valence-electron chi connectivity index (χ4n) is 3.51. The van der Waals surface area contributed by atoms with Crippen molar-refractivity contribution in [3.63, 3.8) is 0 Å². The van der Waals surface area contributed by atoms with Crippen LogP contribution in [-0.2, 0) is 0 Å². The van der Waals surface area contributed by atoms with E-state index in [0.717, 1.165) is 19.8 Å². The number of para-hydroxylation sites is 2. The normalized spacial score (nSPS) is 12.5. The summed E-state index contributed by atoms with van der Waals surface area (Å²) in [6.45, 7) is 24.8. The van der Waals surface area contributed by atoms with Crippen LogP contribution in [0, 0.1) is 0 Å². The second-order valence-corrected chi connectivity index (χ2v) is 8.51. The van der Waals surface area contributed by atoms with Crippen molar-refractivity contribution in [2.75, 3.05) is 29.6 Å². The van der Waals surface area contributed by atoms with E-state index in [2.05, 4.69) is 114 Å². The lowest BCUT2D eigenvalue weighted by atomic mass is 10.0. The Bertz CT molecular complexity index is 631. The van der Waals surface area contributed by atoms with Crippen LogP contribution in [0.5, 0.6) is 0 Å². The molecule has 0 N–H and O–H groups in total. The first-order valence-electron chi connectivity index (χ1n) is 12.6. The first-order valence-corrected chi connectivity index (χ1v) is 12.6. The molecule has 0 radical (unpaired) electrons. The van der Waals surface area contributed by atoms with Crippen molar-refractivity contribution < 1.29 is 0 Å². The van der Waals surface area contributed by atoms with Gasteiger partial charge >= 0.3 is 0 Å². The molecular weight excluding hydrogens is 376 g/mol. The van der Waals surface area contributed by atoms with E-state index in [-0.39, 0.29) is 0 Å². The predicted octanol–water partition coefficient (Wildman–Crippen LogP) is 9.08. The molecule has 1 fully saturated rings. The van der Waals surface area contributed by atoms with E-state index in [1.165, 1.54) is 35.3 Å². The van der Waals surface area contributed by atoms with Crippen molar-refractivity contribution in [3.05, 3.63) is 59.7 Å². The van der Waals surface area contributed by atoms with Gasteiger partial charge in [-0.15, -0.1) is 0 Å². The van der Waals surface area contributed by atoms with Gasteiger partial charge in [0, 0.05) is 24.5 Å². The zero-order valence-corrected chi connectivity index (χ0v) is 22.2. The van der Waals surface area contributed by atoms with E-state index in [0.29, 0.717) is 11.8 Å². The Morgan fingerprint density at radius 2 is 0.903 bits per heavy atom. The van der Waals surface area contributed by atoms with Gasteiger partial charge in [0.15, 0.2) is 0 Å². The topological polar surface area (TPSA) is 6.48 Å². The Morgan fingerprint density at radius 1 is 0.613 bits per heavy atom. The fourth-order valence-corrected chi connectivity index (χ4v) is 3.51. The lowest BCUT2D eigenvalue weighted by Crippen LogP contribution is -2.26. The van der Waals surface area contributed by atoms with Crippen molar-refractivity contribution in [1.82, 2.24) is 0 Å². The zero-order valence-electron chi connectivity index (χ0n) is 22.2. The molecule has 0 aromatic heterocycles. The number of benzene rings is 2. The summed E-state index contributed by atoms with van der Waals surface area (Å²) in [7, 11) is 0. The molecule has 2 aromatic carbocycles. The molecule has 0 bridgehead atoms. The second-order valence-electron chi connectivity index (χ2n) is 8.51. The van der Waals surface area contributed by atoms with Crippen molar-refractivity contribution >= 4 is 11.4 Å². The van der Waals surface area contributed by atoms with Gasteiger partial charge in [-0.2, -0.15) is 0 Å². The maximum absolute atomic E-state index is 2.52. The molecule has 0 saturated carbocycles. The van der Waals surface area contributed by atoms with Crippen LogP contribution >= 0.6 is 0 Å². The summed E-state index contributed by atoms with van der Waals surface area (Å²) in [4.78, 5) is 5.04. The minimum absolute atomic E-state index is 0.559. The third-order valence-corrected chi connectivity index (χ3v) is 4.78. The number of rotatable bonds is 4. The molecule has 1 aliphatic heterocycles. The van der Waals surface area contributed by atoms with Crippen LogP contribution in [0.25, 0.3) is 0 Å². The molecule has 2 nitrogen and oxygen atoms in total. The number of nitrogens with zero attached hydrogens (tertiary/aromatic N) is 2. The summed E-state index contributed by atoms with van der Waals surface area (Å²) in [5.74, 6) is 1.12. The van der Waals surface area contributed by atoms with Crippen LogP contribution in [0.15, 0.2) is 48.5 Å². The van der Waals surface area contributed by atoms with Gasteiger partial charge in [-0.25, -0.2) is 0 Å². The molecular formula is C29H50N2. The average Bonchev–Trinajstić information content (AvgIpc) is 3.26. The highest BCUT2D eigenvalue weighted by Gasteiger charge is 2.24. The third kappa shape index (κ3) is 9.37. The molecule has 0 atom stereocenters. The van der Waals surface area contributed by atoms with Gasteiger partial charge < -0.3 is 9.80 Å². The second kappa shape index (κ2) is 16.7. The van der Waals surface area contributed by atoms with E-state index in [9.17, 15) is 0 Å². The van der Waals surface area contributed by atoms with Gasteiger partial charge in [-0.1, -0.05) is 118 Å². The fraction of sp³-hybridized carbons (Fsp3) is 0.586. The monoisotopic (exact) mass is 426 g/mol. The molecule has 0 spiro atoms. The van der Waals surface area contributed by atoms with E-state index in [4.69, 9.17) is 0 Å². The highest BCUT2D eigenvalue weighted by molar-refractivity contribution is 5.61. The van der Waals surface area contributed by atoms with Crippen LogP contribution in [0.4, 0.5) is 11.4 Å². The van der Waals surface area contributed by atoms with Gasteiger partial charge in [-0.05, 0) is 35.1 Å². The van der Waals surface area contributed by atoms with Gasteiger partial charge in [0.05, 0.1) is 6.67 Å². The zero-order chi connectivity index (χ0) is 23.8.